The van der Waals surface area contributed by atoms with Gasteiger partial charge in [0.2, 0.25) is 0 Å². The van der Waals surface area contributed by atoms with Gasteiger partial charge in [0.25, 0.3) is 0 Å². The maximum Gasteiger partial charge on any atom is 0.180 e. The lowest BCUT2D eigenvalue weighted by Crippen LogP contribution is -2.50. The van der Waals surface area contributed by atoms with Crippen molar-refractivity contribution in [3.63, 3.8) is 0 Å². The van der Waals surface area contributed by atoms with E-state index < -0.39 is 0 Å². The smallest absolute Gasteiger partial charge is 0.180 e. The molecular weight excluding hydrogens is 470 g/mol. The number of phenols is 2. The maximum absolute atomic E-state index is 9.79. The summed E-state index contributed by atoms with van der Waals surface area (Å²) < 4.78 is 0. The van der Waals surface area contributed by atoms with Crippen molar-refractivity contribution in [2.75, 3.05) is 56.4 Å². The first kappa shape index (κ1) is 24.9. The number of hydrogen-bond donors (Lipinski definition) is 3. The Balaban J connectivity index is 1.12. The number of thiazole rings is 1. The van der Waals surface area contributed by atoms with E-state index in [0.29, 0.717) is 6.04 Å². The Bertz CT molecular complexity index is 1160. The predicted molar refractivity (Wildman–Crippen MR) is 148 cm³/mol. The standard InChI is InChI=1S/C28H37N5O2S/c1-2-11-32(23-8-9-24-27(19-23)36-28(29)30-24)15-12-31-13-16-33(17-14-31)22-6-3-20(4-7-22)21-5-10-25(34)26(35)18-21/h3-7,10,18,23,34-35H,2,8-9,11-17,19H2,1H3,(H2,29,30). The van der Waals surface area contributed by atoms with E-state index in [0.717, 1.165) is 74.9 Å². The third-order valence-electron chi connectivity index (χ3n) is 7.57. The van der Waals surface area contributed by atoms with Crippen LogP contribution in [0.3, 0.4) is 0 Å². The first-order chi connectivity index (χ1) is 17.5. The number of benzene rings is 2. The lowest BCUT2D eigenvalue weighted by molar-refractivity contribution is 0.146. The van der Waals surface area contributed by atoms with E-state index in [1.165, 1.54) is 35.2 Å². The minimum Gasteiger partial charge on any atom is -0.504 e. The van der Waals surface area contributed by atoms with Gasteiger partial charge in [0.05, 0.1) is 5.69 Å². The van der Waals surface area contributed by atoms with Gasteiger partial charge in [-0.05, 0) is 67.6 Å². The summed E-state index contributed by atoms with van der Waals surface area (Å²) in [6.07, 6.45) is 4.52. The van der Waals surface area contributed by atoms with Gasteiger partial charge in [-0.15, -0.1) is 11.3 Å². The Morgan fingerprint density at radius 3 is 2.47 bits per heavy atom. The van der Waals surface area contributed by atoms with Crippen LogP contribution in [0.5, 0.6) is 11.5 Å². The van der Waals surface area contributed by atoms with Crippen molar-refractivity contribution >= 4 is 22.2 Å². The molecule has 2 heterocycles. The number of phenolic OH excluding ortho intramolecular Hbond substituents is 2. The molecule has 1 unspecified atom stereocenters. The molecule has 7 nitrogen and oxygen atoms in total. The number of nitrogen functional groups attached to an aromatic ring is 1. The molecule has 1 aliphatic carbocycles. The molecule has 192 valence electrons. The number of fused-ring (bicyclic) bond motifs is 1. The SMILES string of the molecule is CCCN(CCN1CCN(c2ccc(-c3ccc(O)c(O)c3)cc2)CC1)C1CCc2nc(N)sc2C1. The zero-order valence-electron chi connectivity index (χ0n) is 21.1. The summed E-state index contributed by atoms with van der Waals surface area (Å²) in [7, 11) is 0. The second-order valence-electron chi connectivity index (χ2n) is 9.93. The van der Waals surface area contributed by atoms with Crippen LogP contribution in [0.1, 0.15) is 30.3 Å². The summed E-state index contributed by atoms with van der Waals surface area (Å²) >= 11 is 1.68. The van der Waals surface area contributed by atoms with Gasteiger partial charge in [-0.1, -0.05) is 25.1 Å². The van der Waals surface area contributed by atoms with E-state index in [4.69, 9.17) is 5.73 Å². The minimum atomic E-state index is -0.0936. The first-order valence-electron chi connectivity index (χ1n) is 13.1. The molecule has 2 aromatic carbocycles. The fourth-order valence-electron chi connectivity index (χ4n) is 5.52. The van der Waals surface area contributed by atoms with E-state index in [9.17, 15) is 10.2 Å². The van der Waals surface area contributed by atoms with Crippen molar-refractivity contribution < 1.29 is 10.2 Å². The molecule has 0 bridgehead atoms. The molecular formula is C28H37N5O2S. The second kappa shape index (κ2) is 11.1. The second-order valence-corrected chi connectivity index (χ2v) is 11.0. The average molecular weight is 508 g/mol. The lowest BCUT2D eigenvalue weighted by Gasteiger charge is -2.39. The Morgan fingerprint density at radius 1 is 1.00 bits per heavy atom. The van der Waals surface area contributed by atoms with Gasteiger partial charge >= 0.3 is 0 Å². The molecule has 1 saturated heterocycles. The number of aryl methyl sites for hydroxylation is 1. The van der Waals surface area contributed by atoms with Crippen LogP contribution in [0.15, 0.2) is 42.5 Å². The van der Waals surface area contributed by atoms with E-state index in [1.54, 1.807) is 17.4 Å². The number of aromatic nitrogens is 1. The van der Waals surface area contributed by atoms with Crippen molar-refractivity contribution in [3.05, 3.63) is 53.0 Å². The summed E-state index contributed by atoms with van der Waals surface area (Å²) in [5.74, 6) is -0.185. The zero-order chi connectivity index (χ0) is 25.1. The third-order valence-corrected chi connectivity index (χ3v) is 8.52. The number of nitrogens with zero attached hydrogens (tertiary/aromatic N) is 4. The summed E-state index contributed by atoms with van der Waals surface area (Å²) in [6.45, 7) is 9.88. The fourth-order valence-corrected chi connectivity index (χ4v) is 6.47. The number of rotatable bonds is 8. The average Bonchev–Trinajstić information content (AvgIpc) is 3.28. The van der Waals surface area contributed by atoms with Gasteiger partial charge in [-0.25, -0.2) is 4.98 Å². The van der Waals surface area contributed by atoms with Crippen LogP contribution in [0.2, 0.25) is 0 Å². The monoisotopic (exact) mass is 507 g/mol. The number of aromatic hydroxyl groups is 2. The minimum absolute atomic E-state index is 0.0911. The van der Waals surface area contributed by atoms with Gasteiger partial charge in [-0.3, -0.25) is 9.80 Å². The molecule has 2 aliphatic rings. The Labute approximate surface area is 217 Å². The summed E-state index contributed by atoms with van der Waals surface area (Å²) in [4.78, 5) is 13.7. The number of piperazine rings is 1. The van der Waals surface area contributed by atoms with Crippen LogP contribution in [0.25, 0.3) is 11.1 Å². The van der Waals surface area contributed by atoms with Crippen molar-refractivity contribution in [2.24, 2.45) is 0 Å². The van der Waals surface area contributed by atoms with Crippen LogP contribution in [0.4, 0.5) is 10.8 Å². The highest BCUT2D eigenvalue weighted by atomic mass is 32.1. The zero-order valence-corrected chi connectivity index (χ0v) is 21.9. The van der Waals surface area contributed by atoms with E-state index in [2.05, 4.69) is 50.9 Å². The largest absolute Gasteiger partial charge is 0.504 e. The Hall–Kier alpha value is -2.81. The summed E-state index contributed by atoms with van der Waals surface area (Å²) in [5.41, 5.74) is 10.3. The topological polar surface area (TPSA) is 89.1 Å². The van der Waals surface area contributed by atoms with Crippen molar-refractivity contribution in [1.29, 1.82) is 0 Å². The van der Waals surface area contributed by atoms with Crippen molar-refractivity contribution in [3.8, 4) is 22.6 Å². The van der Waals surface area contributed by atoms with Crippen molar-refractivity contribution in [2.45, 2.75) is 38.6 Å². The van der Waals surface area contributed by atoms with E-state index in [1.807, 2.05) is 6.07 Å². The number of hydrogen-bond acceptors (Lipinski definition) is 8. The normalized spacial score (nSPS) is 18.5. The molecule has 0 radical (unpaired) electrons. The molecule has 0 spiro atoms. The molecule has 0 amide bonds. The fraction of sp³-hybridized carbons (Fsp3) is 0.464. The number of nitrogens with two attached hydrogens (primary N) is 1. The number of anilines is 2. The van der Waals surface area contributed by atoms with Crippen molar-refractivity contribution in [1.82, 2.24) is 14.8 Å². The lowest BCUT2D eigenvalue weighted by atomic mass is 9.96. The predicted octanol–water partition coefficient (Wildman–Crippen LogP) is 4.20. The summed E-state index contributed by atoms with van der Waals surface area (Å²) in [6, 6.07) is 14.0. The molecule has 1 fully saturated rings. The highest BCUT2D eigenvalue weighted by Gasteiger charge is 2.27. The van der Waals surface area contributed by atoms with Gasteiger partial charge in [-0.2, -0.15) is 0 Å². The highest BCUT2D eigenvalue weighted by Crippen LogP contribution is 2.32. The molecule has 1 atom stereocenters. The van der Waals surface area contributed by atoms with Gasteiger partial charge in [0, 0.05) is 55.9 Å². The van der Waals surface area contributed by atoms with Gasteiger partial charge in [0.15, 0.2) is 16.6 Å². The van der Waals surface area contributed by atoms with Crippen LogP contribution in [-0.4, -0.2) is 76.9 Å². The van der Waals surface area contributed by atoms with Crippen LogP contribution >= 0.6 is 11.3 Å². The summed E-state index contributed by atoms with van der Waals surface area (Å²) in [5, 5.41) is 20.1. The van der Waals surface area contributed by atoms with Gasteiger partial charge < -0.3 is 20.8 Å². The quantitative estimate of drug-likeness (QED) is 0.394. The molecule has 3 aromatic rings. The third kappa shape index (κ3) is 5.61. The molecule has 1 aliphatic heterocycles. The molecule has 4 N–H and O–H groups in total. The van der Waals surface area contributed by atoms with Crippen LogP contribution < -0.4 is 10.6 Å². The molecule has 0 saturated carbocycles. The first-order valence-corrected chi connectivity index (χ1v) is 13.9. The van der Waals surface area contributed by atoms with E-state index in [-0.39, 0.29) is 11.5 Å². The Kier molecular flexibility index (Phi) is 7.65. The van der Waals surface area contributed by atoms with Crippen LogP contribution in [-0.2, 0) is 12.8 Å². The Morgan fingerprint density at radius 2 is 1.75 bits per heavy atom. The maximum atomic E-state index is 9.79. The molecule has 1 aromatic heterocycles. The van der Waals surface area contributed by atoms with Crippen LogP contribution in [0, 0.1) is 0 Å². The molecule has 5 rings (SSSR count). The molecule has 8 heteroatoms. The highest BCUT2D eigenvalue weighted by molar-refractivity contribution is 7.15. The van der Waals surface area contributed by atoms with Gasteiger partial charge in [0.1, 0.15) is 0 Å². The van der Waals surface area contributed by atoms with E-state index >= 15 is 0 Å². The molecule has 36 heavy (non-hydrogen) atoms.